The van der Waals surface area contributed by atoms with E-state index in [2.05, 4.69) is 20.5 Å². The lowest BCUT2D eigenvalue weighted by Gasteiger charge is -2.37. The number of guanidine groups is 1. The lowest BCUT2D eigenvalue weighted by atomic mass is 9.97. The number of morpholine rings is 1. The first-order valence-electron chi connectivity index (χ1n) is 9.93. The molecule has 0 saturated carbocycles. The summed E-state index contributed by atoms with van der Waals surface area (Å²) in [6, 6.07) is 7.16. The van der Waals surface area contributed by atoms with Gasteiger partial charge in [0.15, 0.2) is 5.96 Å². The summed E-state index contributed by atoms with van der Waals surface area (Å²) < 4.78 is 25.0. The van der Waals surface area contributed by atoms with E-state index < -0.39 is 0 Å². The molecule has 2 aliphatic heterocycles. The molecule has 6 nitrogen and oxygen atoms in total. The van der Waals surface area contributed by atoms with Crippen LogP contribution in [0.25, 0.3) is 0 Å². The Bertz CT molecular complexity index is 601. The SMILES string of the molecule is CCNC(=NCc1ccccc1F)NCC(C1CCOC1)N1CCOCC1. The van der Waals surface area contributed by atoms with Crippen LogP contribution in [-0.4, -0.2) is 69.5 Å². The zero-order valence-corrected chi connectivity index (χ0v) is 16.1. The molecule has 0 radical (unpaired) electrons. The van der Waals surface area contributed by atoms with E-state index in [0.29, 0.717) is 24.1 Å². The third-order valence-electron chi connectivity index (χ3n) is 5.21. The number of aliphatic imine (C=N–C) groups is 1. The predicted octanol–water partition coefficient (Wildman–Crippen LogP) is 1.62. The summed E-state index contributed by atoms with van der Waals surface area (Å²) in [6.07, 6.45) is 1.09. The third-order valence-corrected chi connectivity index (χ3v) is 5.21. The highest BCUT2D eigenvalue weighted by atomic mass is 19.1. The van der Waals surface area contributed by atoms with Crippen LogP contribution in [0.1, 0.15) is 18.9 Å². The molecule has 1 aromatic carbocycles. The van der Waals surface area contributed by atoms with Gasteiger partial charge in [0.05, 0.1) is 26.4 Å². The van der Waals surface area contributed by atoms with Crippen molar-refractivity contribution in [2.24, 2.45) is 10.9 Å². The zero-order chi connectivity index (χ0) is 18.9. The Kier molecular flexibility index (Phi) is 7.86. The summed E-state index contributed by atoms with van der Waals surface area (Å²) in [5.41, 5.74) is 0.601. The molecule has 1 aromatic rings. The largest absolute Gasteiger partial charge is 0.381 e. The molecular weight excluding hydrogens is 347 g/mol. The Hall–Kier alpha value is -1.70. The normalized spacial score (nSPS) is 22.6. The van der Waals surface area contributed by atoms with Gasteiger partial charge in [-0.1, -0.05) is 18.2 Å². The third kappa shape index (κ3) is 5.89. The molecule has 2 saturated heterocycles. The maximum atomic E-state index is 13.8. The smallest absolute Gasteiger partial charge is 0.191 e. The fraction of sp³-hybridized carbons (Fsp3) is 0.650. The highest BCUT2D eigenvalue weighted by Crippen LogP contribution is 2.21. The zero-order valence-electron chi connectivity index (χ0n) is 16.1. The molecule has 2 aliphatic rings. The Morgan fingerprint density at radius 1 is 1.22 bits per heavy atom. The Labute approximate surface area is 161 Å². The van der Waals surface area contributed by atoms with Gasteiger partial charge in [-0.25, -0.2) is 9.38 Å². The van der Waals surface area contributed by atoms with Gasteiger partial charge >= 0.3 is 0 Å². The molecule has 150 valence electrons. The van der Waals surface area contributed by atoms with Crippen molar-refractivity contribution in [3.63, 3.8) is 0 Å². The second-order valence-corrected chi connectivity index (χ2v) is 7.01. The minimum Gasteiger partial charge on any atom is -0.381 e. The molecule has 2 unspecified atom stereocenters. The summed E-state index contributed by atoms with van der Waals surface area (Å²) in [4.78, 5) is 7.06. The van der Waals surface area contributed by atoms with Gasteiger partial charge in [-0.05, 0) is 19.4 Å². The molecule has 0 amide bonds. The first-order valence-corrected chi connectivity index (χ1v) is 9.93. The van der Waals surface area contributed by atoms with Gasteiger partial charge in [0, 0.05) is 50.3 Å². The van der Waals surface area contributed by atoms with Crippen molar-refractivity contribution < 1.29 is 13.9 Å². The van der Waals surface area contributed by atoms with Gasteiger partial charge in [0.25, 0.3) is 0 Å². The molecule has 2 atom stereocenters. The van der Waals surface area contributed by atoms with Gasteiger partial charge in [0.2, 0.25) is 0 Å². The molecule has 7 heteroatoms. The van der Waals surface area contributed by atoms with Crippen molar-refractivity contribution in [3.8, 4) is 0 Å². The number of nitrogens with one attached hydrogen (secondary N) is 2. The summed E-state index contributed by atoms with van der Waals surface area (Å²) in [5, 5.41) is 6.73. The molecule has 0 bridgehead atoms. The second kappa shape index (κ2) is 10.6. The molecule has 0 spiro atoms. The molecule has 3 rings (SSSR count). The van der Waals surface area contributed by atoms with Crippen LogP contribution >= 0.6 is 0 Å². The van der Waals surface area contributed by atoms with Crippen molar-refractivity contribution in [1.82, 2.24) is 15.5 Å². The lowest BCUT2D eigenvalue weighted by Crippen LogP contribution is -2.53. The Morgan fingerprint density at radius 3 is 2.74 bits per heavy atom. The highest BCUT2D eigenvalue weighted by Gasteiger charge is 2.31. The number of halogens is 1. The quantitative estimate of drug-likeness (QED) is 0.558. The topological polar surface area (TPSA) is 58.1 Å². The van der Waals surface area contributed by atoms with E-state index in [1.807, 2.05) is 13.0 Å². The van der Waals surface area contributed by atoms with Crippen LogP contribution in [0, 0.1) is 11.7 Å². The second-order valence-electron chi connectivity index (χ2n) is 7.01. The summed E-state index contributed by atoms with van der Waals surface area (Å²) >= 11 is 0. The number of hydrogen-bond acceptors (Lipinski definition) is 4. The van der Waals surface area contributed by atoms with Gasteiger partial charge in [-0.2, -0.15) is 0 Å². The van der Waals surface area contributed by atoms with Crippen LogP contribution in [0.2, 0.25) is 0 Å². The predicted molar refractivity (Wildman–Crippen MR) is 104 cm³/mol. The van der Waals surface area contributed by atoms with Crippen molar-refractivity contribution in [1.29, 1.82) is 0 Å². The molecule has 2 fully saturated rings. The van der Waals surface area contributed by atoms with Crippen molar-refractivity contribution in [3.05, 3.63) is 35.6 Å². The molecule has 2 heterocycles. The van der Waals surface area contributed by atoms with Gasteiger partial charge < -0.3 is 20.1 Å². The lowest BCUT2D eigenvalue weighted by molar-refractivity contribution is 0.00246. The van der Waals surface area contributed by atoms with E-state index in [1.165, 1.54) is 6.07 Å². The van der Waals surface area contributed by atoms with Crippen LogP contribution in [0.3, 0.4) is 0 Å². The monoisotopic (exact) mass is 378 g/mol. The Morgan fingerprint density at radius 2 is 2.04 bits per heavy atom. The number of benzene rings is 1. The standard InChI is InChI=1S/C20H31FN4O2/c1-2-22-20(23-13-16-5-3-4-6-18(16)21)24-14-19(17-7-10-27-15-17)25-8-11-26-12-9-25/h3-6,17,19H,2,7-15H2,1H3,(H2,22,23,24). The molecule has 0 aliphatic carbocycles. The van der Waals surface area contributed by atoms with Gasteiger partial charge in [0.1, 0.15) is 5.82 Å². The van der Waals surface area contributed by atoms with E-state index >= 15 is 0 Å². The van der Waals surface area contributed by atoms with Crippen molar-refractivity contribution >= 4 is 5.96 Å². The van der Waals surface area contributed by atoms with Gasteiger partial charge in [-0.3, -0.25) is 4.90 Å². The van der Waals surface area contributed by atoms with Crippen LogP contribution in [0.4, 0.5) is 4.39 Å². The maximum absolute atomic E-state index is 13.8. The number of hydrogen-bond donors (Lipinski definition) is 2. The molecule has 27 heavy (non-hydrogen) atoms. The fourth-order valence-electron chi connectivity index (χ4n) is 3.69. The fourth-order valence-corrected chi connectivity index (χ4v) is 3.69. The highest BCUT2D eigenvalue weighted by molar-refractivity contribution is 5.79. The minimum absolute atomic E-state index is 0.216. The van der Waals surface area contributed by atoms with E-state index in [9.17, 15) is 4.39 Å². The molecule has 0 aromatic heterocycles. The number of rotatable bonds is 7. The first-order chi connectivity index (χ1) is 13.3. The summed E-state index contributed by atoms with van der Waals surface area (Å²) in [7, 11) is 0. The first kappa shape index (κ1) is 20.0. The van der Waals surface area contributed by atoms with Crippen molar-refractivity contribution in [2.75, 3.05) is 52.6 Å². The van der Waals surface area contributed by atoms with Gasteiger partial charge in [-0.15, -0.1) is 0 Å². The minimum atomic E-state index is -0.216. The molecule has 2 N–H and O–H groups in total. The van der Waals surface area contributed by atoms with E-state index in [-0.39, 0.29) is 5.82 Å². The van der Waals surface area contributed by atoms with Crippen LogP contribution < -0.4 is 10.6 Å². The Balaban J connectivity index is 1.62. The van der Waals surface area contributed by atoms with E-state index in [1.54, 1.807) is 12.1 Å². The summed E-state index contributed by atoms with van der Waals surface area (Å²) in [6.45, 7) is 9.02. The summed E-state index contributed by atoms with van der Waals surface area (Å²) in [5.74, 6) is 1.02. The van der Waals surface area contributed by atoms with Crippen LogP contribution in [-0.2, 0) is 16.0 Å². The van der Waals surface area contributed by atoms with Crippen LogP contribution in [0.15, 0.2) is 29.3 Å². The van der Waals surface area contributed by atoms with E-state index in [4.69, 9.17) is 9.47 Å². The maximum Gasteiger partial charge on any atom is 0.191 e. The van der Waals surface area contributed by atoms with E-state index in [0.717, 1.165) is 65.0 Å². The van der Waals surface area contributed by atoms with Crippen molar-refractivity contribution in [2.45, 2.75) is 25.9 Å². The number of ether oxygens (including phenoxy) is 2. The van der Waals surface area contributed by atoms with Crippen LogP contribution in [0.5, 0.6) is 0 Å². The average Bonchev–Trinajstić information content (AvgIpc) is 3.22. The number of nitrogens with zero attached hydrogens (tertiary/aromatic N) is 2. The average molecular weight is 378 g/mol. The molecular formula is C20H31FN4O2.